The van der Waals surface area contributed by atoms with Gasteiger partial charge in [-0.05, 0) is 37.8 Å². The molecule has 0 bridgehead atoms. The van der Waals surface area contributed by atoms with E-state index in [1.807, 2.05) is 13.0 Å². The molecule has 1 saturated carbocycles. The maximum atomic E-state index is 13.7. The number of hydrogen-bond donors (Lipinski definition) is 1. The predicted molar refractivity (Wildman–Crippen MR) is 77.3 cm³/mol. The summed E-state index contributed by atoms with van der Waals surface area (Å²) in [5.41, 5.74) is 0.852. The molecule has 1 aliphatic carbocycles. The SMILES string of the molecule is CCOc1ccc(NCC2CCCCCC2)cc1F. The molecule has 0 aromatic heterocycles. The zero-order chi connectivity index (χ0) is 13.5. The second-order valence-electron chi connectivity index (χ2n) is 5.32. The van der Waals surface area contributed by atoms with Crippen LogP contribution < -0.4 is 10.1 Å². The summed E-state index contributed by atoms with van der Waals surface area (Å²) in [5.74, 6) is 0.785. The highest BCUT2D eigenvalue weighted by molar-refractivity contribution is 5.47. The highest BCUT2D eigenvalue weighted by Gasteiger charge is 2.12. The van der Waals surface area contributed by atoms with Crippen LogP contribution in [0.15, 0.2) is 18.2 Å². The molecule has 0 atom stereocenters. The lowest BCUT2D eigenvalue weighted by Crippen LogP contribution is -2.13. The van der Waals surface area contributed by atoms with Gasteiger partial charge in [0.15, 0.2) is 11.6 Å². The number of nitrogens with one attached hydrogen (secondary N) is 1. The molecule has 0 spiro atoms. The van der Waals surface area contributed by atoms with Crippen molar-refractivity contribution in [2.45, 2.75) is 45.4 Å². The molecule has 1 fully saturated rings. The number of anilines is 1. The van der Waals surface area contributed by atoms with E-state index < -0.39 is 0 Å². The lowest BCUT2D eigenvalue weighted by Gasteiger charge is -2.16. The van der Waals surface area contributed by atoms with E-state index in [9.17, 15) is 4.39 Å². The molecule has 0 amide bonds. The standard InChI is InChI=1S/C16H24FNO/c1-2-19-16-10-9-14(11-15(16)17)18-12-13-7-5-3-4-6-8-13/h9-11,13,18H,2-8,12H2,1H3. The Balaban J connectivity index is 1.86. The molecular formula is C16H24FNO. The molecule has 0 saturated heterocycles. The number of benzene rings is 1. The van der Waals surface area contributed by atoms with Gasteiger partial charge in [-0.1, -0.05) is 25.7 Å². The van der Waals surface area contributed by atoms with Crippen LogP contribution in [-0.2, 0) is 0 Å². The van der Waals surface area contributed by atoms with E-state index in [1.54, 1.807) is 6.07 Å². The van der Waals surface area contributed by atoms with Crippen LogP contribution in [0.3, 0.4) is 0 Å². The Morgan fingerprint density at radius 3 is 2.58 bits per heavy atom. The van der Waals surface area contributed by atoms with Crippen molar-refractivity contribution in [1.82, 2.24) is 0 Å². The maximum Gasteiger partial charge on any atom is 0.167 e. The Morgan fingerprint density at radius 2 is 1.95 bits per heavy atom. The third-order valence-corrected chi connectivity index (χ3v) is 3.80. The molecule has 1 N–H and O–H groups in total. The van der Waals surface area contributed by atoms with Gasteiger partial charge in [0.1, 0.15) is 0 Å². The third-order valence-electron chi connectivity index (χ3n) is 3.80. The van der Waals surface area contributed by atoms with Crippen LogP contribution in [0.4, 0.5) is 10.1 Å². The van der Waals surface area contributed by atoms with Crippen LogP contribution in [0.5, 0.6) is 5.75 Å². The monoisotopic (exact) mass is 265 g/mol. The van der Waals surface area contributed by atoms with Gasteiger partial charge in [0.05, 0.1) is 6.61 Å². The second kappa shape index (κ2) is 7.37. The van der Waals surface area contributed by atoms with Gasteiger partial charge in [-0.3, -0.25) is 0 Å². The maximum absolute atomic E-state index is 13.7. The van der Waals surface area contributed by atoms with Crippen molar-refractivity contribution in [2.24, 2.45) is 5.92 Å². The van der Waals surface area contributed by atoms with E-state index in [1.165, 1.54) is 44.6 Å². The summed E-state index contributed by atoms with van der Waals surface area (Å²) in [7, 11) is 0. The number of ether oxygens (including phenoxy) is 1. The van der Waals surface area contributed by atoms with Gasteiger partial charge >= 0.3 is 0 Å². The largest absolute Gasteiger partial charge is 0.491 e. The Morgan fingerprint density at radius 1 is 1.21 bits per heavy atom. The Kier molecular flexibility index (Phi) is 5.49. The summed E-state index contributed by atoms with van der Waals surface area (Å²) in [5, 5.41) is 3.36. The van der Waals surface area contributed by atoms with Crippen molar-refractivity contribution in [2.75, 3.05) is 18.5 Å². The molecule has 0 aliphatic heterocycles. The summed E-state index contributed by atoms with van der Waals surface area (Å²) >= 11 is 0. The first kappa shape index (κ1) is 14.2. The summed E-state index contributed by atoms with van der Waals surface area (Å²) in [6.07, 6.45) is 8.01. The highest BCUT2D eigenvalue weighted by Crippen LogP contribution is 2.25. The Labute approximate surface area is 115 Å². The Bertz CT molecular complexity index is 386. The lowest BCUT2D eigenvalue weighted by molar-refractivity contribution is 0.321. The van der Waals surface area contributed by atoms with Crippen LogP contribution >= 0.6 is 0 Å². The quantitative estimate of drug-likeness (QED) is 0.785. The summed E-state index contributed by atoms with van der Waals surface area (Å²) < 4.78 is 18.9. The van der Waals surface area contributed by atoms with Crippen LogP contribution in [-0.4, -0.2) is 13.2 Å². The van der Waals surface area contributed by atoms with E-state index in [4.69, 9.17) is 4.74 Å². The number of halogens is 1. The number of hydrogen-bond acceptors (Lipinski definition) is 2. The van der Waals surface area contributed by atoms with Crippen molar-refractivity contribution < 1.29 is 9.13 Å². The molecule has 2 rings (SSSR count). The van der Waals surface area contributed by atoms with E-state index in [0.29, 0.717) is 12.4 Å². The van der Waals surface area contributed by atoms with Gasteiger partial charge in [0.2, 0.25) is 0 Å². The van der Waals surface area contributed by atoms with Crippen molar-refractivity contribution in [3.63, 3.8) is 0 Å². The van der Waals surface area contributed by atoms with Gasteiger partial charge in [-0.25, -0.2) is 4.39 Å². The normalized spacial score (nSPS) is 16.9. The molecule has 106 valence electrons. The minimum absolute atomic E-state index is 0.285. The van der Waals surface area contributed by atoms with Gasteiger partial charge in [0.25, 0.3) is 0 Å². The van der Waals surface area contributed by atoms with Crippen LogP contribution in [0.1, 0.15) is 45.4 Å². The topological polar surface area (TPSA) is 21.3 Å². The van der Waals surface area contributed by atoms with Gasteiger partial charge in [-0.2, -0.15) is 0 Å². The van der Waals surface area contributed by atoms with E-state index in [2.05, 4.69) is 5.32 Å². The second-order valence-corrected chi connectivity index (χ2v) is 5.32. The molecule has 0 heterocycles. The van der Waals surface area contributed by atoms with Crippen molar-refractivity contribution in [1.29, 1.82) is 0 Å². The van der Waals surface area contributed by atoms with Gasteiger partial charge < -0.3 is 10.1 Å². The molecular weight excluding hydrogens is 241 g/mol. The first-order chi connectivity index (χ1) is 9.29. The summed E-state index contributed by atoms with van der Waals surface area (Å²) in [4.78, 5) is 0. The fraction of sp³-hybridized carbons (Fsp3) is 0.625. The summed E-state index contributed by atoms with van der Waals surface area (Å²) in [6, 6.07) is 5.13. The zero-order valence-corrected chi connectivity index (χ0v) is 11.8. The average molecular weight is 265 g/mol. The van der Waals surface area contributed by atoms with E-state index in [-0.39, 0.29) is 5.82 Å². The van der Waals surface area contributed by atoms with E-state index in [0.717, 1.165) is 18.2 Å². The minimum Gasteiger partial charge on any atom is -0.491 e. The van der Waals surface area contributed by atoms with Crippen LogP contribution in [0, 0.1) is 11.7 Å². The average Bonchev–Trinajstić information content (AvgIpc) is 2.68. The fourth-order valence-corrected chi connectivity index (χ4v) is 2.71. The Hall–Kier alpha value is -1.25. The van der Waals surface area contributed by atoms with Crippen molar-refractivity contribution >= 4 is 5.69 Å². The highest BCUT2D eigenvalue weighted by atomic mass is 19.1. The minimum atomic E-state index is -0.285. The van der Waals surface area contributed by atoms with Crippen LogP contribution in [0.25, 0.3) is 0 Å². The third kappa shape index (κ3) is 4.41. The molecule has 1 aliphatic rings. The molecule has 19 heavy (non-hydrogen) atoms. The fourth-order valence-electron chi connectivity index (χ4n) is 2.71. The molecule has 3 heteroatoms. The number of rotatable bonds is 5. The molecule has 2 nitrogen and oxygen atoms in total. The van der Waals surface area contributed by atoms with Gasteiger partial charge in [0, 0.05) is 18.3 Å². The molecule has 1 aromatic rings. The molecule has 0 radical (unpaired) electrons. The smallest absolute Gasteiger partial charge is 0.167 e. The van der Waals surface area contributed by atoms with Crippen molar-refractivity contribution in [3.8, 4) is 5.75 Å². The molecule has 1 aromatic carbocycles. The molecule has 0 unspecified atom stereocenters. The van der Waals surface area contributed by atoms with Crippen LogP contribution in [0.2, 0.25) is 0 Å². The predicted octanol–water partition coefficient (Wildman–Crippen LogP) is 4.61. The van der Waals surface area contributed by atoms with Crippen molar-refractivity contribution in [3.05, 3.63) is 24.0 Å². The summed E-state index contributed by atoms with van der Waals surface area (Å²) in [6.45, 7) is 3.30. The first-order valence-electron chi connectivity index (χ1n) is 7.46. The van der Waals surface area contributed by atoms with E-state index >= 15 is 0 Å². The lowest BCUT2D eigenvalue weighted by atomic mass is 10.0. The zero-order valence-electron chi connectivity index (χ0n) is 11.8. The van der Waals surface area contributed by atoms with Gasteiger partial charge in [-0.15, -0.1) is 0 Å². The first-order valence-corrected chi connectivity index (χ1v) is 7.46.